The maximum absolute atomic E-state index is 12.5. The molecule has 0 atom stereocenters. The van der Waals surface area contributed by atoms with Crippen LogP contribution >= 0.6 is 11.6 Å². The Morgan fingerprint density at radius 3 is 2.59 bits per heavy atom. The van der Waals surface area contributed by atoms with Crippen molar-refractivity contribution < 1.29 is 19.1 Å². The van der Waals surface area contributed by atoms with E-state index in [1.807, 2.05) is 36.4 Å². The first kappa shape index (κ1) is 22.0. The number of halogens is 1. The van der Waals surface area contributed by atoms with Gasteiger partial charge in [0.15, 0.2) is 6.61 Å². The standard InChI is InChI=1S/C23H25ClN4O4/c24-17-4-3-5-18(14-17)26-10-12-27(13-11-26)22(30)15-25-21(29)8-9-28-19-6-1-2-7-20(19)32-16-23(28)31/h1-7,14H,8-13,15-16H2,(H,25,29). The number of hydrogen-bond acceptors (Lipinski definition) is 5. The number of para-hydroxylation sites is 2. The first-order valence-electron chi connectivity index (χ1n) is 10.6. The van der Waals surface area contributed by atoms with Crippen molar-refractivity contribution in [1.82, 2.24) is 10.2 Å². The molecule has 4 rings (SSSR count). The van der Waals surface area contributed by atoms with E-state index < -0.39 is 0 Å². The number of amides is 3. The molecule has 0 radical (unpaired) electrons. The third-order valence-corrected chi connectivity index (χ3v) is 5.85. The van der Waals surface area contributed by atoms with Gasteiger partial charge in [-0.05, 0) is 30.3 Å². The molecule has 3 amide bonds. The number of rotatable bonds is 6. The summed E-state index contributed by atoms with van der Waals surface area (Å²) in [5.74, 6) is 0.0503. The third kappa shape index (κ3) is 5.13. The highest BCUT2D eigenvalue weighted by Crippen LogP contribution is 2.31. The lowest BCUT2D eigenvalue weighted by Gasteiger charge is -2.36. The monoisotopic (exact) mass is 456 g/mol. The minimum absolute atomic E-state index is 0.0434. The Morgan fingerprint density at radius 1 is 1.03 bits per heavy atom. The lowest BCUT2D eigenvalue weighted by atomic mass is 10.2. The number of carbonyl (C=O) groups excluding carboxylic acids is 3. The average molecular weight is 457 g/mol. The Labute approximate surface area is 191 Å². The number of fused-ring (bicyclic) bond motifs is 1. The maximum atomic E-state index is 12.5. The molecule has 0 aromatic heterocycles. The van der Waals surface area contributed by atoms with Crippen LogP contribution in [-0.4, -0.2) is 68.5 Å². The highest BCUT2D eigenvalue weighted by Gasteiger charge is 2.26. The van der Waals surface area contributed by atoms with Crippen molar-refractivity contribution in [1.29, 1.82) is 0 Å². The molecule has 2 aliphatic heterocycles. The van der Waals surface area contributed by atoms with Gasteiger partial charge in [0.1, 0.15) is 5.75 Å². The van der Waals surface area contributed by atoms with Crippen molar-refractivity contribution in [3.63, 3.8) is 0 Å². The van der Waals surface area contributed by atoms with Crippen LogP contribution in [0.3, 0.4) is 0 Å². The Bertz CT molecular complexity index is 1010. The molecular weight excluding hydrogens is 432 g/mol. The van der Waals surface area contributed by atoms with Crippen molar-refractivity contribution in [3.8, 4) is 5.75 Å². The molecule has 1 N–H and O–H groups in total. The van der Waals surface area contributed by atoms with Crippen molar-refractivity contribution in [2.45, 2.75) is 6.42 Å². The van der Waals surface area contributed by atoms with E-state index in [-0.39, 0.29) is 43.8 Å². The number of benzene rings is 2. The second-order valence-corrected chi connectivity index (χ2v) is 8.11. The molecule has 0 spiro atoms. The summed E-state index contributed by atoms with van der Waals surface area (Å²) >= 11 is 6.06. The van der Waals surface area contributed by atoms with Gasteiger partial charge >= 0.3 is 0 Å². The summed E-state index contributed by atoms with van der Waals surface area (Å²) in [4.78, 5) is 42.5. The topological polar surface area (TPSA) is 82.2 Å². The molecule has 1 saturated heterocycles. The molecule has 32 heavy (non-hydrogen) atoms. The molecule has 0 saturated carbocycles. The Morgan fingerprint density at radius 2 is 1.81 bits per heavy atom. The normalized spacial score (nSPS) is 15.8. The molecule has 2 heterocycles. The van der Waals surface area contributed by atoms with Gasteiger partial charge in [-0.2, -0.15) is 0 Å². The summed E-state index contributed by atoms with van der Waals surface area (Å²) in [6, 6.07) is 14.9. The predicted molar refractivity (Wildman–Crippen MR) is 122 cm³/mol. The highest BCUT2D eigenvalue weighted by atomic mass is 35.5. The smallest absolute Gasteiger partial charge is 0.265 e. The molecule has 0 bridgehead atoms. The van der Waals surface area contributed by atoms with E-state index in [2.05, 4.69) is 10.2 Å². The molecule has 2 aromatic carbocycles. The number of piperazine rings is 1. The van der Waals surface area contributed by atoms with Gasteiger partial charge in [0.2, 0.25) is 11.8 Å². The maximum Gasteiger partial charge on any atom is 0.265 e. The van der Waals surface area contributed by atoms with Gasteiger partial charge in [0, 0.05) is 49.9 Å². The quantitative estimate of drug-likeness (QED) is 0.718. The third-order valence-electron chi connectivity index (χ3n) is 5.61. The van der Waals surface area contributed by atoms with Crippen LogP contribution < -0.4 is 19.9 Å². The highest BCUT2D eigenvalue weighted by molar-refractivity contribution is 6.30. The van der Waals surface area contributed by atoms with Crippen LogP contribution in [0.1, 0.15) is 6.42 Å². The van der Waals surface area contributed by atoms with Crippen molar-refractivity contribution in [2.24, 2.45) is 0 Å². The lowest BCUT2D eigenvalue weighted by Crippen LogP contribution is -2.51. The summed E-state index contributed by atoms with van der Waals surface area (Å²) in [5.41, 5.74) is 1.70. The largest absolute Gasteiger partial charge is 0.482 e. The fourth-order valence-electron chi connectivity index (χ4n) is 3.87. The summed E-state index contributed by atoms with van der Waals surface area (Å²) in [7, 11) is 0. The van der Waals surface area contributed by atoms with E-state index in [4.69, 9.17) is 16.3 Å². The van der Waals surface area contributed by atoms with E-state index >= 15 is 0 Å². The molecular formula is C23H25ClN4O4. The number of carbonyl (C=O) groups is 3. The number of nitrogens with zero attached hydrogens (tertiary/aromatic N) is 3. The Balaban J connectivity index is 1.21. The van der Waals surface area contributed by atoms with Crippen molar-refractivity contribution in [3.05, 3.63) is 53.6 Å². The van der Waals surface area contributed by atoms with Crippen LogP contribution in [0.25, 0.3) is 0 Å². The van der Waals surface area contributed by atoms with E-state index in [0.29, 0.717) is 42.6 Å². The molecule has 0 unspecified atom stereocenters. The summed E-state index contributed by atoms with van der Waals surface area (Å²) in [6.45, 7) is 2.72. The molecule has 0 aliphatic carbocycles. The summed E-state index contributed by atoms with van der Waals surface area (Å²) < 4.78 is 5.41. The zero-order valence-corrected chi connectivity index (χ0v) is 18.4. The first-order valence-corrected chi connectivity index (χ1v) is 11.0. The first-order chi connectivity index (χ1) is 15.5. The van der Waals surface area contributed by atoms with E-state index in [0.717, 1.165) is 5.69 Å². The predicted octanol–water partition coefficient (Wildman–Crippen LogP) is 1.92. The van der Waals surface area contributed by atoms with Gasteiger partial charge in [-0.15, -0.1) is 0 Å². The zero-order valence-electron chi connectivity index (χ0n) is 17.6. The van der Waals surface area contributed by atoms with Crippen LogP contribution in [0.15, 0.2) is 48.5 Å². The summed E-state index contributed by atoms with van der Waals surface area (Å²) in [5, 5.41) is 3.36. The fourth-order valence-corrected chi connectivity index (χ4v) is 4.06. The second kappa shape index (κ2) is 9.91. The van der Waals surface area contributed by atoms with E-state index in [1.54, 1.807) is 21.9 Å². The molecule has 168 valence electrons. The molecule has 2 aromatic rings. The lowest BCUT2D eigenvalue weighted by molar-refractivity contribution is -0.133. The zero-order chi connectivity index (χ0) is 22.5. The summed E-state index contributed by atoms with van der Waals surface area (Å²) in [6.07, 6.45) is 0.107. The molecule has 1 fully saturated rings. The second-order valence-electron chi connectivity index (χ2n) is 7.68. The number of anilines is 2. The number of nitrogens with one attached hydrogen (secondary N) is 1. The fraction of sp³-hybridized carbons (Fsp3) is 0.348. The average Bonchev–Trinajstić information content (AvgIpc) is 2.82. The van der Waals surface area contributed by atoms with Crippen molar-refractivity contribution in [2.75, 3.05) is 55.7 Å². The van der Waals surface area contributed by atoms with Crippen molar-refractivity contribution >= 4 is 40.7 Å². The minimum atomic E-state index is -0.271. The van der Waals surface area contributed by atoms with Crippen LogP contribution in [-0.2, 0) is 14.4 Å². The van der Waals surface area contributed by atoms with Crippen LogP contribution in [0, 0.1) is 0 Å². The molecule has 8 nitrogen and oxygen atoms in total. The van der Waals surface area contributed by atoms with Crippen LogP contribution in [0.4, 0.5) is 11.4 Å². The SMILES string of the molecule is O=C(CCN1C(=O)COc2ccccc21)NCC(=O)N1CCN(c2cccc(Cl)c2)CC1. The Hall–Kier alpha value is -3.26. The van der Waals surface area contributed by atoms with Crippen LogP contribution in [0.2, 0.25) is 5.02 Å². The van der Waals surface area contributed by atoms with Gasteiger partial charge < -0.3 is 24.8 Å². The van der Waals surface area contributed by atoms with Gasteiger partial charge in [0.25, 0.3) is 5.91 Å². The minimum Gasteiger partial charge on any atom is -0.482 e. The van der Waals surface area contributed by atoms with Crippen LogP contribution in [0.5, 0.6) is 5.75 Å². The molecule has 9 heteroatoms. The number of ether oxygens (including phenoxy) is 1. The number of hydrogen-bond donors (Lipinski definition) is 1. The van der Waals surface area contributed by atoms with Gasteiger partial charge in [-0.25, -0.2) is 0 Å². The Kier molecular flexibility index (Phi) is 6.80. The molecule has 2 aliphatic rings. The van der Waals surface area contributed by atoms with E-state index in [9.17, 15) is 14.4 Å². The van der Waals surface area contributed by atoms with Gasteiger partial charge in [-0.1, -0.05) is 29.8 Å². The van der Waals surface area contributed by atoms with Gasteiger partial charge in [-0.3, -0.25) is 14.4 Å². The van der Waals surface area contributed by atoms with E-state index in [1.165, 1.54) is 0 Å². The van der Waals surface area contributed by atoms with Gasteiger partial charge in [0.05, 0.1) is 12.2 Å².